The lowest BCUT2D eigenvalue weighted by molar-refractivity contribution is -0.00883. The van der Waals surface area contributed by atoms with Gasteiger partial charge in [0.2, 0.25) is 0 Å². The molecule has 1 aromatic heterocycles. The Kier molecular flexibility index (Phi) is 3.36. The Morgan fingerprint density at radius 2 is 2.44 bits per heavy atom. The topological polar surface area (TPSA) is 80.7 Å². The van der Waals surface area contributed by atoms with Gasteiger partial charge in [0.05, 0.1) is 12.7 Å². The van der Waals surface area contributed by atoms with Crippen molar-refractivity contribution in [2.45, 2.75) is 32.0 Å². The highest BCUT2D eigenvalue weighted by Gasteiger charge is 2.18. The second-order valence-electron chi connectivity index (χ2n) is 3.86. The van der Waals surface area contributed by atoms with Crippen LogP contribution in [0, 0.1) is 0 Å². The largest absolute Gasteiger partial charge is 0.409 e. The minimum atomic E-state index is 0.0211. The molecule has 0 atom stereocenters. The van der Waals surface area contributed by atoms with Crippen molar-refractivity contribution in [3.8, 4) is 0 Å². The Labute approximate surface area is 93.9 Å². The number of nitrogens with zero attached hydrogens (tertiary/aromatic N) is 2. The molecule has 5 nitrogen and oxygen atoms in total. The molecule has 1 saturated carbocycles. The Hall–Kier alpha value is -1.62. The van der Waals surface area contributed by atoms with Crippen LogP contribution in [0.5, 0.6) is 0 Å². The summed E-state index contributed by atoms with van der Waals surface area (Å²) >= 11 is 0. The van der Waals surface area contributed by atoms with Crippen LogP contribution in [-0.2, 0) is 11.3 Å². The third-order valence-corrected chi connectivity index (χ3v) is 2.77. The Morgan fingerprint density at radius 1 is 1.62 bits per heavy atom. The molecule has 1 aliphatic rings. The smallest absolute Gasteiger partial charge is 0.189 e. The standard InChI is InChI=1S/C11H15N3O2/c12-11(14-15)10-8(3-2-6-13-10)7-16-9-4-1-5-9/h2-3,6,9,15H,1,4-5,7H2,(H2,12,14). The van der Waals surface area contributed by atoms with Crippen LogP contribution in [0.3, 0.4) is 0 Å². The summed E-state index contributed by atoms with van der Waals surface area (Å²) in [6.45, 7) is 0.462. The summed E-state index contributed by atoms with van der Waals surface area (Å²) in [4.78, 5) is 4.08. The van der Waals surface area contributed by atoms with E-state index in [2.05, 4.69) is 10.1 Å². The van der Waals surface area contributed by atoms with E-state index >= 15 is 0 Å². The summed E-state index contributed by atoms with van der Waals surface area (Å²) in [6, 6.07) is 3.69. The number of nitrogens with two attached hydrogens (primary N) is 1. The zero-order valence-corrected chi connectivity index (χ0v) is 8.97. The molecule has 0 aliphatic heterocycles. The van der Waals surface area contributed by atoms with Gasteiger partial charge in [-0.15, -0.1) is 0 Å². The molecule has 0 bridgehead atoms. The Morgan fingerprint density at radius 3 is 3.06 bits per heavy atom. The quantitative estimate of drug-likeness (QED) is 0.347. The monoisotopic (exact) mass is 221 g/mol. The predicted octanol–water partition coefficient (Wildman–Crippen LogP) is 1.25. The summed E-state index contributed by atoms with van der Waals surface area (Å²) < 4.78 is 5.67. The van der Waals surface area contributed by atoms with Gasteiger partial charge in [-0.2, -0.15) is 0 Å². The molecule has 3 N–H and O–H groups in total. The minimum absolute atomic E-state index is 0.0211. The van der Waals surface area contributed by atoms with Crippen molar-refractivity contribution in [1.29, 1.82) is 0 Å². The molecule has 16 heavy (non-hydrogen) atoms. The van der Waals surface area contributed by atoms with Crippen molar-refractivity contribution in [2.24, 2.45) is 10.9 Å². The first kappa shape index (κ1) is 10.9. The molecule has 1 aromatic rings. The molecule has 0 unspecified atom stereocenters. The lowest BCUT2D eigenvalue weighted by atomic mass is 9.96. The van der Waals surface area contributed by atoms with Gasteiger partial charge in [-0.25, -0.2) is 0 Å². The van der Waals surface area contributed by atoms with Crippen LogP contribution in [0.2, 0.25) is 0 Å². The molecule has 5 heteroatoms. The molecular weight excluding hydrogens is 206 g/mol. The van der Waals surface area contributed by atoms with E-state index in [1.807, 2.05) is 12.1 Å². The van der Waals surface area contributed by atoms with E-state index in [0.717, 1.165) is 18.4 Å². The number of oxime groups is 1. The van der Waals surface area contributed by atoms with Gasteiger partial charge in [0, 0.05) is 11.8 Å². The van der Waals surface area contributed by atoms with E-state index in [4.69, 9.17) is 15.7 Å². The molecule has 0 radical (unpaired) electrons. The van der Waals surface area contributed by atoms with Crippen molar-refractivity contribution in [1.82, 2.24) is 4.98 Å². The number of pyridine rings is 1. The maximum Gasteiger partial charge on any atom is 0.189 e. The fourth-order valence-electron chi connectivity index (χ4n) is 1.58. The van der Waals surface area contributed by atoms with Crippen molar-refractivity contribution in [2.75, 3.05) is 0 Å². The number of amidine groups is 1. The molecule has 2 rings (SSSR count). The first-order chi connectivity index (χ1) is 7.81. The summed E-state index contributed by atoms with van der Waals surface area (Å²) in [6.07, 6.45) is 5.46. The second kappa shape index (κ2) is 4.94. The predicted molar refractivity (Wildman–Crippen MR) is 59.2 cm³/mol. The van der Waals surface area contributed by atoms with Crippen LogP contribution >= 0.6 is 0 Å². The molecule has 1 heterocycles. The van der Waals surface area contributed by atoms with Gasteiger partial charge < -0.3 is 15.7 Å². The molecule has 0 amide bonds. The van der Waals surface area contributed by atoms with Crippen LogP contribution in [0.15, 0.2) is 23.5 Å². The summed E-state index contributed by atoms with van der Waals surface area (Å²) in [5.74, 6) is 0.0211. The maximum atomic E-state index is 8.63. The van der Waals surface area contributed by atoms with Crippen LogP contribution < -0.4 is 5.73 Å². The zero-order chi connectivity index (χ0) is 11.4. The highest BCUT2D eigenvalue weighted by atomic mass is 16.5. The first-order valence-electron chi connectivity index (χ1n) is 5.34. The fourth-order valence-corrected chi connectivity index (χ4v) is 1.58. The molecule has 1 fully saturated rings. The van der Waals surface area contributed by atoms with Gasteiger partial charge in [0.25, 0.3) is 0 Å². The van der Waals surface area contributed by atoms with Gasteiger partial charge in [-0.1, -0.05) is 11.2 Å². The third-order valence-electron chi connectivity index (χ3n) is 2.77. The van der Waals surface area contributed by atoms with Crippen LogP contribution in [0.4, 0.5) is 0 Å². The molecular formula is C11H15N3O2. The highest BCUT2D eigenvalue weighted by Crippen LogP contribution is 2.23. The van der Waals surface area contributed by atoms with E-state index in [1.54, 1.807) is 6.20 Å². The van der Waals surface area contributed by atoms with E-state index in [1.165, 1.54) is 6.42 Å². The van der Waals surface area contributed by atoms with Crippen molar-refractivity contribution in [3.63, 3.8) is 0 Å². The Balaban J connectivity index is 2.06. The Bertz CT molecular complexity index is 389. The van der Waals surface area contributed by atoms with E-state index < -0.39 is 0 Å². The van der Waals surface area contributed by atoms with Crippen LogP contribution in [0.1, 0.15) is 30.5 Å². The minimum Gasteiger partial charge on any atom is -0.409 e. The first-order valence-corrected chi connectivity index (χ1v) is 5.34. The van der Waals surface area contributed by atoms with Gasteiger partial charge in [0.1, 0.15) is 5.69 Å². The van der Waals surface area contributed by atoms with Crippen molar-refractivity contribution < 1.29 is 9.94 Å². The maximum absolute atomic E-state index is 8.63. The molecule has 0 aromatic carbocycles. The average molecular weight is 221 g/mol. The van der Waals surface area contributed by atoms with E-state index in [-0.39, 0.29) is 5.84 Å². The molecule has 0 saturated heterocycles. The zero-order valence-electron chi connectivity index (χ0n) is 8.97. The van der Waals surface area contributed by atoms with Crippen molar-refractivity contribution in [3.05, 3.63) is 29.6 Å². The van der Waals surface area contributed by atoms with Gasteiger partial charge in [-0.05, 0) is 25.3 Å². The SMILES string of the molecule is NC(=NO)c1ncccc1COC1CCC1. The van der Waals surface area contributed by atoms with Crippen LogP contribution in [-0.4, -0.2) is 22.1 Å². The summed E-state index contributed by atoms with van der Waals surface area (Å²) in [5.41, 5.74) is 6.87. The van der Waals surface area contributed by atoms with Crippen molar-refractivity contribution >= 4 is 5.84 Å². The number of rotatable bonds is 4. The number of hydrogen-bond donors (Lipinski definition) is 2. The normalized spacial score (nSPS) is 17.1. The lowest BCUT2D eigenvalue weighted by Crippen LogP contribution is -2.23. The van der Waals surface area contributed by atoms with Gasteiger partial charge in [0.15, 0.2) is 5.84 Å². The van der Waals surface area contributed by atoms with E-state index in [0.29, 0.717) is 18.4 Å². The summed E-state index contributed by atoms with van der Waals surface area (Å²) in [7, 11) is 0. The third kappa shape index (κ3) is 2.30. The molecule has 1 aliphatic carbocycles. The average Bonchev–Trinajstić information content (AvgIpc) is 2.26. The second-order valence-corrected chi connectivity index (χ2v) is 3.86. The van der Waals surface area contributed by atoms with E-state index in [9.17, 15) is 0 Å². The number of hydrogen-bond acceptors (Lipinski definition) is 4. The number of aromatic nitrogens is 1. The molecule has 0 spiro atoms. The van der Waals surface area contributed by atoms with Crippen LogP contribution in [0.25, 0.3) is 0 Å². The molecule has 86 valence electrons. The lowest BCUT2D eigenvalue weighted by Gasteiger charge is -2.25. The number of ether oxygens (including phenoxy) is 1. The fraction of sp³-hybridized carbons (Fsp3) is 0.455. The highest BCUT2D eigenvalue weighted by molar-refractivity contribution is 5.96. The summed E-state index contributed by atoms with van der Waals surface area (Å²) in [5, 5.41) is 11.6. The van der Waals surface area contributed by atoms with Gasteiger partial charge in [-0.3, -0.25) is 4.98 Å². The van der Waals surface area contributed by atoms with Gasteiger partial charge >= 0.3 is 0 Å².